The van der Waals surface area contributed by atoms with Crippen LogP contribution in [0.5, 0.6) is 0 Å². The molecule has 0 aliphatic rings. The number of carbonyl (C=O) groups excluding carboxylic acids is 1. The highest BCUT2D eigenvalue weighted by Crippen LogP contribution is 2.19. The van der Waals surface area contributed by atoms with Crippen molar-refractivity contribution >= 4 is 17.4 Å². The third-order valence-electron chi connectivity index (χ3n) is 4.29. The lowest BCUT2D eigenvalue weighted by molar-refractivity contribution is -0.118. The number of carbonyl (C=O) groups is 1. The summed E-state index contributed by atoms with van der Waals surface area (Å²) in [6, 6.07) is 3.81. The monoisotopic (exact) mass is 338 g/mol. The molecule has 130 valence electrons. The van der Waals surface area contributed by atoms with Crippen LogP contribution in [0.1, 0.15) is 37.2 Å². The van der Waals surface area contributed by atoms with E-state index in [1.807, 2.05) is 39.8 Å². The number of amides is 1. The highest BCUT2D eigenvalue weighted by Gasteiger charge is 2.20. The first-order valence-corrected chi connectivity index (χ1v) is 8.37. The van der Waals surface area contributed by atoms with Crippen LogP contribution >= 0.6 is 0 Å². The molecule has 3 heterocycles. The van der Waals surface area contributed by atoms with Gasteiger partial charge in [0.15, 0.2) is 0 Å². The Bertz CT molecular complexity index is 887. The predicted octanol–water partition coefficient (Wildman–Crippen LogP) is 2.51. The molecule has 0 radical (unpaired) electrons. The summed E-state index contributed by atoms with van der Waals surface area (Å²) in [6.45, 7) is 7.94. The Hall–Kier alpha value is -2.83. The van der Waals surface area contributed by atoms with Gasteiger partial charge >= 0.3 is 0 Å². The van der Waals surface area contributed by atoms with Crippen molar-refractivity contribution in [1.29, 1.82) is 0 Å². The molecule has 0 unspecified atom stereocenters. The number of aromatic nitrogens is 5. The van der Waals surface area contributed by atoms with Crippen LogP contribution in [0.15, 0.2) is 30.9 Å². The summed E-state index contributed by atoms with van der Waals surface area (Å²) < 4.78 is 1.72. The Kier molecular flexibility index (Phi) is 4.74. The molecular weight excluding hydrogens is 316 g/mol. The molecule has 0 aromatic carbocycles. The number of hydrogen-bond acceptors (Lipinski definition) is 5. The van der Waals surface area contributed by atoms with E-state index >= 15 is 0 Å². The van der Waals surface area contributed by atoms with Crippen molar-refractivity contribution in [3.05, 3.63) is 47.8 Å². The van der Waals surface area contributed by atoms with E-state index in [-0.39, 0.29) is 11.9 Å². The second kappa shape index (κ2) is 6.96. The molecule has 0 fully saturated rings. The average Bonchev–Trinajstić information content (AvgIpc) is 3.04. The molecule has 0 saturated carbocycles. The molecule has 0 aliphatic carbocycles. The fourth-order valence-electron chi connectivity index (χ4n) is 3.10. The number of rotatable bonds is 5. The van der Waals surface area contributed by atoms with Crippen LogP contribution in [-0.4, -0.2) is 36.5 Å². The van der Waals surface area contributed by atoms with Crippen LogP contribution in [0.3, 0.4) is 0 Å². The molecule has 3 aromatic heterocycles. The lowest BCUT2D eigenvalue weighted by atomic mass is 10.1. The first-order valence-electron chi connectivity index (χ1n) is 8.37. The van der Waals surface area contributed by atoms with Crippen LogP contribution < -0.4 is 4.90 Å². The van der Waals surface area contributed by atoms with E-state index in [2.05, 4.69) is 20.1 Å². The van der Waals surface area contributed by atoms with E-state index in [9.17, 15) is 4.79 Å². The number of nitrogens with zero attached hydrogens (tertiary/aromatic N) is 6. The van der Waals surface area contributed by atoms with Crippen LogP contribution in [-0.2, 0) is 11.2 Å². The Labute approximate surface area is 146 Å². The summed E-state index contributed by atoms with van der Waals surface area (Å²) in [7, 11) is 0. The van der Waals surface area contributed by atoms with Crippen molar-refractivity contribution in [1.82, 2.24) is 24.6 Å². The molecule has 25 heavy (non-hydrogen) atoms. The van der Waals surface area contributed by atoms with Gasteiger partial charge in [0.25, 0.3) is 5.78 Å². The maximum atomic E-state index is 12.8. The molecule has 3 rings (SSSR count). The normalized spacial score (nSPS) is 11.2. The number of anilines is 1. The standard InChI is InChI=1S/C18H22N6O/c1-12(2)23(15-6-5-9-19-10-15)17(25)8-7-16-13(3)22-18-20-11-21-24(18)14(16)4/h5-6,9-12H,7-8H2,1-4H3. The Morgan fingerprint density at radius 3 is 2.80 bits per heavy atom. The third kappa shape index (κ3) is 3.35. The molecule has 0 bridgehead atoms. The van der Waals surface area contributed by atoms with Crippen molar-refractivity contribution in [2.24, 2.45) is 0 Å². The van der Waals surface area contributed by atoms with Crippen molar-refractivity contribution in [2.75, 3.05) is 4.90 Å². The van der Waals surface area contributed by atoms with Crippen LogP contribution in [0.4, 0.5) is 5.69 Å². The zero-order chi connectivity index (χ0) is 18.0. The average molecular weight is 338 g/mol. The molecule has 7 nitrogen and oxygen atoms in total. The summed E-state index contributed by atoms with van der Waals surface area (Å²) in [6.07, 6.45) is 5.93. The second-order valence-electron chi connectivity index (χ2n) is 6.30. The smallest absolute Gasteiger partial charge is 0.252 e. The van der Waals surface area contributed by atoms with E-state index < -0.39 is 0 Å². The third-order valence-corrected chi connectivity index (χ3v) is 4.29. The lowest BCUT2D eigenvalue weighted by Gasteiger charge is -2.26. The van der Waals surface area contributed by atoms with Gasteiger partial charge in [-0.15, -0.1) is 0 Å². The fourth-order valence-corrected chi connectivity index (χ4v) is 3.10. The highest BCUT2D eigenvalue weighted by atomic mass is 16.2. The number of aryl methyl sites for hydroxylation is 2. The quantitative estimate of drug-likeness (QED) is 0.714. The van der Waals surface area contributed by atoms with E-state index in [4.69, 9.17) is 0 Å². The van der Waals surface area contributed by atoms with E-state index in [1.165, 1.54) is 6.33 Å². The molecule has 3 aromatic rings. The van der Waals surface area contributed by atoms with Gasteiger partial charge < -0.3 is 4.90 Å². The molecule has 0 spiro atoms. The van der Waals surface area contributed by atoms with Crippen molar-refractivity contribution in [2.45, 2.75) is 46.6 Å². The Morgan fingerprint density at radius 1 is 1.32 bits per heavy atom. The van der Waals surface area contributed by atoms with Gasteiger partial charge in [-0.3, -0.25) is 9.78 Å². The maximum absolute atomic E-state index is 12.8. The molecule has 0 atom stereocenters. The summed E-state index contributed by atoms with van der Waals surface area (Å²) in [4.78, 5) is 27.3. The molecule has 0 saturated heterocycles. The number of pyridine rings is 1. The fraction of sp³-hybridized carbons (Fsp3) is 0.389. The van der Waals surface area contributed by atoms with Crippen molar-refractivity contribution < 1.29 is 4.79 Å². The van der Waals surface area contributed by atoms with Gasteiger partial charge in [0.1, 0.15) is 6.33 Å². The zero-order valence-electron chi connectivity index (χ0n) is 15.0. The minimum Gasteiger partial charge on any atom is -0.308 e. The molecule has 0 N–H and O–H groups in total. The van der Waals surface area contributed by atoms with Crippen LogP contribution in [0.2, 0.25) is 0 Å². The molecule has 1 amide bonds. The van der Waals surface area contributed by atoms with Crippen molar-refractivity contribution in [3.8, 4) is 0 Å². The summed E-state index contributed by atoms with van der Waals surface area (Å²) >= 11 is 0. The molecule has 0 aliphatic heterocycles. The SMILES string of the molecule is Cc1nc2ncnn2c(C)c1CCC(=O)N(c1cccnc1)C(C)C. The first kappa shape index (κ1) is 17.0. The van der Waals surface area contributed by atoms with Gasteiger partial charge in [0.2, 0.25) is 5.91 Å². The maximum Gasteiger partial charge on any atom is 0.252 e. The van der Waals surface area contributed by atoms with E-state index in [1.54, 1.807) is 21.8 Å². The summed E-state index contributed by atoms with van der Waals surface area (Å²) in [5.74, 6) is 0.657. The number of fused-ring (bicyclic) bond motifs is 1. The second-order valence-corrected chi connectivity index (χ2v) is 6.30. The molecular formula is C18H22N6O. The Balaban J connectivity index is 1.82. The van der Waals surface area contributed by atoms with Gasteiger partial charge in [-0.05, 0) is 51.8 Å². The van der Waals surface area contributed by atoms with E-state index in [0.29, 0.717) is 18.6 Å². The van der Waals surface area contributed by atoms with Gasteiger partial charge in [0, 0.05) is 30.0 Å². The summed E-state index contributed by atoms with van der Waals surface area (Å²) in [5.41, 5.74) is 3.73. The van der Waals surface area contributed by atoms with E-state index in [0.717, 1.165) is 22.6 Å². The minimum absolute atomic E-state index is 0.0646. The van der Waals surface area contributed by atoms with Gasteiger partial charge in [-0.25, -0.2) is 9.50 Å². The largest absolute Gasteiger partial charge is 0.308 e. The number of hydrogen-bond donors (Lipinski definition) is 0. The minimum atomic E-state index is 0.0646. The van der Waals surface area contributed by atoms with Gasteiger partial charge in [0.05, 0.1) is 11.9 Å². The van der Waals surface area contributed by atoms with Crippen LogP contribution in [0, 0.1) is 13.8 Å². The van der Waals surface area contributed by atoms with Gasteiger partial charge in [-0.2, -0.15) is 10.1 Å². The van der Waals surface area contributed by atoms with Crippen molar-refractivity contribution in [3.63, 3.8) is 0 Å². The zero-order valence-corrected chi connectivity index (χ0v) is 15.0. The van der Waals surface area contributed by atoms with Gasteiger partial charge in [-0.1, -0.05) is 0 Å². The molecule has 7 heteroatoms. The van der Waals surface area contributed by atoms with Crippen LogP contribution in [0.25, 0.3) is 5.78 Å². The predicted molar refractivity (Wildman–Crippen MR) is 95.4 cm³/mol. The first-order chi connectivity index (χ1) is 12.0. The highest BCUT2D eigenvalue weighted by molar-refractivity contribution is 5.93. The topological polar surface area (TPSA) is 76.3 Å². The lowest BCUT2D eigenvalue weighted by Crippen LogP contribution is -2.37. The summed E-state index contributed by atoms with van der Waals surface area (Å²) in [5, 5.41) is 4.20. The Morgan fingerprint density at radius 2 is 2.12 bits per heavy atom.